The van der Waals surface area contributed by atoms with Crippen molar-refractivity contribution in [1.82, 2.24) is 0 Å². The fourth-order valence-electron chi connectivity index (χ4n) is 3.22. The number of aryl methyl sites for hydroxylation is 1. The van der Waals surface area contributed by atoms with Crippen LogP contribution in [-0.4, -0.2) is 0 Å². The number of hydrogen-bond acceptors (Lipinski definition) is 0. The second-order valence-corrected chi connectivity index (χ2v) is 5.44. The number of hydrogen-bond donors (Lipinski definition) is 0. The molecule has 0 radical (unpaired) electrons. The van der Waals surface area contributed by atoms with Gasteiger partial charge in [-0.3, -0.25) is 0 Å². The molecule has 1 unspecified atom stereocenters. The van der Waals surface area contributed by atoms with Crippen molar-refractivity contribution >= 4 is 0 Å². The SMILES string of the molecule is CCCC(c1ccccc1)c1cccc(CC)c1CC. The molecule has 2 aromatic carbocycles. The molecule has 1 atom stereocenters. The maximum Gasteiger partial charge on any atom is 0.00920 e. The second kappa shape index (κ2) is 7.28. The molecule has 2 aromatic rings. The van der Waals surface area contributed by atoms with Crippen LogP contribution in [0.25, 0.3) is 0 Å². The largest absolute Gasteiger partial charge is 0.0653 e. The monoisotopic (exact) mass is 266 g/mol. The second-order valence-electron chi connectivity index (χ2n) is 5.44. The maximum absolute atomic E-state index is 2.34. The topological polar surface area (TPSA) is 0 Å². The normalized spacial score (nSPS) is 12.3. The molecule has 0 heteroatoms. The molecule has 0 saturated heterocycles. The van der Waals surface area contributed by atoms with E-state index in [9.17, 15) is 0 Å². The van der Waals surface area contributed by atoms with E-state index in [0.717, 1.165) is 12.8 Å². The third kappa shape index (κ3) is 3.12. The molecule has 20 heavy (non-hydrogen) atoms. The molecule has 0 spiro atoms. The first-order valence-corrected chi connectivity index (χ1v) is 7.97. The van der Waals surface area contributed by atoms with Crippen LogP contribution in [0.15, 0.2) is 48.5 Å². The lowest BCUT2D eigenvalue weighted by Gasteiger charge is -2.22. The molecular weight excluding hydrogens is 240 g/mol. The van der Waals surface area contributed by atoms with Gasteiger partial charge in [0.05, 0.1) is 0 Å². The Kier molecular flexibility index (Phi) is 5.40. The highest BCUT2D eigenvalue weighted by atomic mass is 14.2. The van der Waals surface area contributed by atoms with Crippen LogP contribution >= 0.6 is 0 Å². The van der Waals surface area contributed by atoms with Crippen LogP contribution < -0.4 is 0 Å². The van der Waals surface area contributed by atoms with Gasteiger partial charge in [-0.25, -0.2) is 0 Å². The lowest BCUT2D eigenvalue weighted by molar-refractivity contribution is 0.690. The first-order valence-electron chi connectivity index (χ1n) is 7.97. The number of benzene rings is 2. The molecule has 0 aromatic heterocycles. The molecule has 0 bridgehead atoms. The van der Waals surface area contributed by atoms with Crippen molar-refractivity contribution in [2.45, 2.75) is 52.4 Å². The zero-order chi connectivity index (χ0) is 14.4. The summed E-state index contributed by atoms with van der Waals surface area (Å²) in [5, 5.41) is 0. The Hall–Kier alpha value is -1.56. The highest BCUT2D eigenvalue weighted by Gasteiger charge is 2.17. The molecule has 106 valence electrons. The van der Waals surface area contributed by atoms with Gasteiger partial charge in [0, 0.05) is 5.92 Å². The van der Waals surface area contributed by atoms with E-state index >= 15 is 0 Å². The fourth-order valence-corrected chi connectivity index (χ4v) is 3.22. The summed E-state index contributed by atoms with van der Waals surface area (Å²) in [6.45, 7) is 6.83. The Bertz CT molecular complexity index is 525. The minimum atomic E-state index is 0.544. The molecule has 0 amide bonds. The average Bonchev–Trinajstić information content (AvgIpc) is 2.52. The molecule has 0 heterocycles. The highest BCUT2D eigenvalue weighted by molar-refractivity contribution is 5.42. The van der Waals surface area contributed by atoms with Crippen LogP contribution in [-0.2, 0) is 12.8 Å². The van der Waals surface area contributed by atoms with Gasteiger partial charge in [-0.1, -0.05) is 75.7 Å². The maximum atomic E-state index is 2.34. The van der Waals surface area contributed by atoms with Gasteiger partial charge in [-0.15, -0.1) is 0 Å². The van der Waals surface area contributed by atoms with E-state index in [-0.39, 0.29) is 0 Å². The van der Waals surface area contributed by atoms with Crippen molar-refractivity contribution in [3.63, 3.8) is 0 Å². The Balaban J connectivity index is 2.49. The third-order valence-electron chi connectivity index (χ3n) is 4.20. The first kappa shape index (κ1) is 14.8. The van der Waals surface area contributed by atoms with Gasteiger partial charge in [0.2, 0.25) is 0 Å². The smallest absolute Gasteiger partial charge is 0.00920 e. The van der Waals surface area contributed by atoms with Crippen molar-refractivity contribution in [3.8, 4) is 0 Å². The molecule has 0 aliphatic heterocycles. The first-order chi connectivity index (χ1) is 9.81. The molecule has 0 fully saturated rings. The zero-order valence-electron chi connectivity index (χ0n) is 13.0. The minimum Gasteiger partial charge on any atom is -0.0653 e. The van der Waals surface area contributed by atoms with E-state index in [2.05, 4.69) is 69.3 Å². The van der Waals surface area contributed by atoms with E-state index in [1.54, 1.807) is 11.1 Å². The van der Waals surface area contributed by atoms with Crippen LogP contribution in [0.1, 0.15) is 61.8 Å². The van der Waals surface area contributed by atoms with Gasteiger partial charge in [-0.2, -0.15) is 0 Å². The molecule has 0 saturated carbocycles. The predicted octanol–water partition coefficient (Wildman–Crippen LogP) is 5.74. The van der Waals surface area contributed by atoms with Crippen molar-refractivity contribution in [1.29, 1.82) is 0 Å². The minimum absolute atomic E-state index is 0.544. The van der Waals surface area contributed by atoms with Gasteiger partial charge in [0.1, 0.15) is 0 Å². The number of rotatable bonds is 6. The Morgan fingerprint density at radius 2 is 1.55 bits per heavy atom. The van der Waals surface area contributed by atoms with Crippen LogP contribution in [0.2, 0.25) is 0 Å². The lowest BCUT2D eigenvalue weighted by atomic mass is 9.82. The van der Waals surface area contributed by atoms with Gasteiger partial charge < -0.3 is 0 Å². The summed E-state index contributed by atoms with van der Waals surface area (Å²) in [7, 11) is 0. The quantitative estimate of drug-likeness (QED) is 0.625. The molecule has 0 nitrogen and oxygen atoms in total. The third-order valence-corrected chi connectivity index (χ3v) is 4.20. The summed E-state index contributed by atoms with van der Waals surface area (Å²) >= 11 is 0. The Labute approximate surface area is 123 Å². The summed E-state index contributed by atoms with van der Waals surface area (Å²) in [6, 6.07) is 17.8. The lowest BCUT2D eigenvalue weighted by Crippen LogP contribution is -2.06. The van der Waals surface area contributed by atoms with Crippen molar-refractivity contribution in [3.05, 3.63) is 70.8 Å². The molecule has 0 aliphatic carbocycles. The molecule has 0 aliphatic rings. The van der Waals surface area contributed by atoms with E-state index in [0.29, 0.717) is 5.92 Å². The summed E-state index contributed by atoms with van der Waals surface area (Å²) in [5.74, 6) is 0.544. The van der Waals surface area contributed by atoms with Crippen LogP contribution in [0.4, 0.5) is 0 Å². The van der Waals surface area contributed by atoms with Gasteiger partial charge in [-0.05, 0) is 41.5 Å². The van der Waals surface area contributed by atoms with Gasteiger partial charge in [0.25, 0.3) is 0 Å². The summed E-state index contributed by atoms with van der Waals surface area (Å²) < 4.78 is 0. The Morgan fingerprint density at radius 1 is 0.800 bits per heavy atom. The Morgan fingerprint density at radius 3 is 2.15 bits per heavy atom. The summed E-state index contributed by atoms with van der Waals surface area (Å²) in [5.41, 5.74) is 6.08. The van der Waals surface area contributed by atoms with E-state index in [1.165, 1.54) is 24.0 Å². The summed E-state index contributed by atoms with van der Waals surface area (Å²) in [6.07, 6.45) is 4.71. The standard InChI is InChI=1S/C20H26/c1-4-11-19(17-12-8-7-9-13-17)20-15-10-14-16(5-2)18(20)6-3/h7-10,12-15,19H,4-6,11H2,1-3H3. The van der Waals surface area contributed by atoms with E-state index in [4.69, 9.17) is 0 Å². The van der Waals surface area contributed by atoms with E-state index in [1.807, 2.05) is 0 Å². The van der Waals surface area contributed by atoms with Crippen LogP contribution in [0, 0.1) is 0 Å². The van der Waals surface area contributed by atoms with Crippen LogP contribution in [0.5, 0.6) is 0 Å². The molecular formula is C20H26. The van der Waals surface area contributed by atoms with Crippen molar-refractivity contribution < 1.29 is 0 Å². The van der Waals surface area contributed by atoms with Crippen molar-refractivity contribution in [2.75, 3.05) is 0 Å². The van der Waals surface area contributed by atoms with E-state index < -0.39 is 0 Å². The van der Waals surface area contributed by atoms with Gasteiger partial charge >= 0.3 is 0 Å². The summed E-state index contributed by atoms with van der Waals surface area (Å²) in [4.78, 5) is 0. The zero-order valence-corrected chi connectivity index (χ0v) is 13.0. The molecule has 0 N–H and O–H groups in total. The highest BCUT2D eigenvalue weighted by Crippen LogP contribution is 2.33. The fraction of sp³-hybridized carbons (Fsp3) is 0.400. The molecule has 2 rings (SSSR count). The van der Waals surface area contributed by atoms with Crippen molar-refractivity contribution in [2.24, 2.45) is 0 Å². The predicted molar refractivity (Wildman–Crippen MR) is 88.4 cm³/mol. The van der Waals surface area contributed by atoms with Gasteiger partial charge in [0.15, 0.2) is 0 Å². The van der Waals surface area contributed by atoms with Crippen LogP contribution in [0.3, 0.4) is 0 Å². The average molecular weight is 266 g/mol.